The zero-order valence-corrected chi connectivity index (χ0v) is 19.3. The molecule has 4 rings (SSSR count). The molecule has 0 aromatic heterocycles. The van der Waals surface area contributed by atoms with Crippen LogP contribution in [0.3, 0.4) is 0 Å². The van der Waals surface area contributed by atoms with Gasteiger partial charge >= 0.3 is 0 Å². The Kier molecular flexibility index (Phi) is 7.26. The summed E-state index contributed by atoms with van der Waals surface area (Å²) in [5.41, 5.74) is 5.10. The Morgan fingerprint density at radius 1 is 0.500 bits per heavy atom. The zero-order chi connectivity index (χ0) is 23.9. The van der Waals surface area contributed by atoms with Crippen LogP contribution in [0.4, 0.5) is 0 Å². The molecule has 0 bridgehead atoms. The predicted octanol–water partition coefficient (Wildman–Crippen LogP) is 6.91. The second-order valence-electron chi connectivity index (χ2n) is 7.30. The van der Waals surface area contributed by atoms with Crippen molar-refractivity contribution in [3.8, 4) is 34.8 Å². The van der Waals surface area contributed by atoms with Gasteiger partial charge in [0.25, 0.3) is 10.5 Å². The normalized spacial score (nSPS) is 9.82. The van der Waals surface area contributed by atoms with Crippen LogP contribution in [0.5, 0.6) is 0 Å². The van der Waals surface area contributed by atoms with Gasteiger partial charge in [0.15, 0.2) is 0 Å². The lowest BCUT2D eigenvalue weighted by molar-refractivity contribution is 0.107. The van der Waals surface area contributed by atoms with Crippen LogP contribution in [0.25, 0.3) is 11.1 Å². The Labute approximate surface area is 208 Å². The summed E-state index contributed by atoms with van der Waals surface area (Å²) in [6, 6.07) is 29.3. The fourth-order valence-electron chi connectivity index (χ4n) is 3.33. The minimum atomic E-state index is -0.568. The summed E-state index contributed by atoms with van der Waals surface area (Å²) in [5.74, 6) is 12.6. The molecule has 0 spiro atoms. The van der Waals surface area contributed by atoms with Crippen molar-refractivity contribution in [2.45, 2.75) is 0 Å². The summed E-state index contributed by atoms with van der Waals surface area (Å²) in [4.78, 5) is 23.6. The molecule has 0 saturated heterocycles. The quantitative estimate of drug-likeness (QED) is 0.236. The highest BCUT2D eigenvalue weighted by Gasteiger charge is 2.13. The predicted molar refractivity (Wildman–Crippen MR) is 137 cm³/mol. The van der Waals surface area contributed by atoms with E-state index < -0.39 is 10.5 Å². The van der Waals surface area contributed by atoms with E-state index in [9.17, 15) is 9.59 Å². The number of hydrogen-bond acceptors (Lipinski definition) is 2. The molecule has 2 nitrogen and oxygen atoms in total. The molecule has 4 heteroatoms. The summed E-state index contributed by atoms with van der Waals surface area (Å²) in [6.07, 6.45) is 0. The Morgan fingerprint density at radius 2 is 0.882 bits per heavy atom. The second kappa shape index (κ2) is 10.7. The summed E-state index contributed by atoms with van der Waals surface area (Å²) in [7, 11) is 0. The molecule has 0 atom stereocenters. The minimum absolute atomic E-state index is 0.340. The number of carbonyl (C=O) groups is 2. The van der Waals surface area contributed by atoms with Gasteiger partial charge in [-0.15, -0.1) is 0 Å². The first kappa shape index (κ1) is 23.1. The molecule has 4 aromatic carbocycles. The van der Waals surface area contributed by atoms with E-state index in [1.807, 2.05) is 60.7 Å². The highest BCUT2D eigenvalue weighted by atomic mass is 35.5. The average molecular weight is 479 g/mol. The van der Waals surface area contributed by atoms with Gasteiger partial charge in [-0.3, -0.25) is 9.59 Å². The summed E-state index contributed by atoms with van der Waals surface area (Å²) >= 11 is 11.5. The number of rotatable bonds is 3. The molecule has 0 aliphatic heterocycles. The molecular formula is C30H16Cl2O2. The Morgan fingerprint density at radius 3 is 1.24 bits per heavy atom. The maximum absolute atomic E-state index is 11.8. The van der Waals surface area contributed by atoms with Crippen LogP contribution in [-0.4, -0.2) is 10.5 Å². The van der Waals surface area contributed by atoms with E-state index in [2.05, 4.69) is 23.7 Å². The van der Waals surface area contributed by atoms with E-state index in [1.54, 1.807) is 36.4 Å². The largest absolute Gasteiger partial charge is 0.276 e. The van der Waals surface area contributed by atoms with Gasteiger partial charge in [-0.1, -0.05) is 72.2 Å². The van der Waals surface area contributed by atoms with E-state index in [1.165, 1.54) is 0 Å². The van der Waals surface area contributed by atoms with E-state index in [0.29, 0.717) is 22.3 Å². The van der Waals surface area contributed by atoms with Gasteiger partial charge in [-0.25, -0.2) is 0 Å². The van der Waals surface area contributed by atoms with Crippen molar-refractivity contribution >= 4 is 33.7 Å². The highest BCUT2D eigenvalue weighted by molar-refractivity contribution is 6.68. The molecule has 0 radical (unpaired) electrons. The first-order valence-electron chi connectivity index (χ1n) is 10.3. The third-order valence-corrected chi connectivity index (χ3v) is 5.45. The molecule has 0 saturated carbocycles. The lowest BCUT2D eigenvalue weighted by Gasteiger charge is -2.10. The first-order chi connectivity index (χ1) is 16.5. The molecule has 34 heavy (non-hydrogen) atoms. The fraction of sp³-hybridized carbons (Fsp3) is 0. The Bertz CT molecular complexity index is 1380. The van der Waals surface area contributed by atoms with Gasteiger partial charge in [-0.05, 0) is 82.9 Å². The maximum Gasteiger partial charge on any atom is 0.252 e. The molecule has 0 fully saturated rings. The lowest BCUT2D eigenvalue weighted by Crippen LogP contribution is -1.96. The SMILES string of the molecule is O=C(Cl)c1ccc(-c2ccc(C(=O)Cl)cc2C#Cc2ccccc2)c(C#Cc2ccccc2)c1. The summed E-state index contributed by atoms with van der Waals surface area (Å²) in [5, 5.41) is -1.14. The number of carbonyl (C=O) groups excluding carboxylic acids is 2. The van der Waals surface area contributed by atoms with Crippen molar-refractivity contribution in [3.63, 3.8) is 0 Å². The highest BCUT2D eigenvalue weighted by Crippen LogP contribution is 2.29. The maximum atomic E-state index is 11.8. The minimum Gasteiger partial charge on any atom is -0.276 e. The van der Waals surface area contributed by atoms with Gasteiger partial charge in [0.1, 0.15) is 0 Å². The van der Waals surface area contributed by atoms with Gasteiger partial charge in [0, 0.05) is 33.4 Å². The average Bonchev–Trinajstić information content (AvgIpc) is 2.87. The van der Waals surface area contributed by atoms with E-state index in [4.69, 9.17) is 23.2 Å². The number of hydrogen-bond donors (Lipinski definition) is 0. The van der Waals surface area contributed by atoms with Crippen molar-refractivity contribution < 1.29 is 9.59 Å². The van der Waals surface area contributed by atoms with Crippen molar-refractivity contribution in [2.75, 3.05) is 0 Å². The van der Waals surface area contributed by atoms with Crippen LogP contribution in [-0.2, 0) is 0 Å². The van der Waals surface area contributed by atoms with Crippen LogP contribution in [0.15, 0.2) is 97.1 Å². The van der Waals surface area contributed by atoms with Crippen LogP contribution in [0.2, 0.25) is 0 Å². The number of halogens is 2. The van der Waals surface area contributed by atoms with Gasteiger partial charge in [0.2, 0.25) is 0 Å². The molecule has 0 aliphatic carbocycles. The summed E-state index contributed by atoms with van der Waals surface area (Å²) < 4.78 is 0. The molecule has 0 N–H and O–H groups in total. The second-order valence-corrected chi connectivity index (χ2v) is 7.99. The van der Waals surface area contributed by atoms with Gasteiger partial charge in [-0.2, -0.15) is 0 Å². The molecule has 0 amide bonds. The Hall–Kier alpha value is -4.08. The molecule has 4 aromatic rings. The van der Waals surface area contributed by atoms with Crippen molar-refractivity contribution in [1.82, 2.24) is 0 Å². The molecule has 0 unspecified atom stereocenters. The van der Waals surface area contributed by atoms with E-state index in [0.717, 1.165) is 22.3 Å². The third kappa shape index (κ3) is 5.64. The Balaban J connectivity index is 1.90. The fourth-order valence-corrected chi connectivity index (χ4v) is 3.57. The van der Waals surface area contributed by atoms with Crippen LogP contribution < -0.4 is 0 Å². The third-order valence-electron chi connectivity index (χ3n) is 5.01. The molecular weight excluding hydrogens is 463 g/mol. The number of benzene rings is 4. The van der Waals surface area contributed by atoms with E-state index in [-0.39, 0.29) is 0 Å². The van der Waals surface area contributed by atoms with Gasteiger partial charge < -0.3 is 0 Å². The molecule has 0 heterocycles. The van der Waals surface area contributed by atoms with Crippen LogP contribution in [0.1, 0.15) is 43.0 Å². The van der Waals surface area contributed by atoms with Crippen molar-refractivity contribution in [2.24, 2.45) is 0 Å². The monoisotopic (exact) mass is 478 g/mol. The van der Waals surface area contributed by atoms with E-state index >= 15 is 0 Å². The van der Waals surface area contributed by atoms with Crippen molar-refractivity contribution in [3.05, 3.63) is 130 Å². The smallest absolute Gasteiger partial charge is 0.252 e. The zero-order valence-electron chi connectivity index (χ0n) is 17.8. The van der Waals surface area contributed by atoms with Crippen LogP contribution >= 0.6 is 23.2 Å². The lowest BCUT2D eigenvalue weighted by atomic mass is 9.93. The molecule has 0 aliphatic rings. The van der Waals surface area contributed by atoms with Crippen molar-refractivity contribution in [1.29, 1.82) is 0 Å². The first-order valence-corrected chi connectivity index (χ1v) is 11.1. The summed E-state index contributed by atoms with van der Waals surface area (Å²) in [6.45, 7) is 0. The van der Waals surface area contributed by atoms with Gasteiger partial charge in [0.05, 0.1) is 0 Å². The standard InChI is InChI=1S/C30H16Cl2O2/c31-29(33)25-15-17-27(23(19-25)13-11-21-7-3-1-4-8-21)28-18-16-26(30(32)34)20-24(28)14-12-22-9-5-2-6-10-22/h1-10,15-20H. The molecule has 162 valence electrons. The van der Waals surface area contributed by atoms with Crippen LogP contribution in [0, 0.1) is 23.7 Å². The topological polar surface area (TPSA) is 34.1 Å².